The summed E-state index contributed by atoms with van der Waals surface area (Å²) in [6, 6.07) is 25.6. The first-order valence-electron chi connectivity index (χ1n) is 9.09. The van der Waals surface area contributed by atoms with Crippen LogP contribution in [0.15, 0.2) is 91.0 Å². The summed E-state index contributed by atoms with van der Waals surface area (Å²) in [4.78, 5) is 13.0. The molecule has 0 bridgehead atoms. The zero-order valence-corrected chi connectivity index (χ0v) is 17.3. The van der Waals surface area contributed by atoms with Crippen LogP contribution in [0.3, 0.4) is 0 Å². The molecule has 0 saturated heterocycles. The van der Waals surface area contributed by atoms with Gasteiger partial charge in [-0.1, -0.05) is 66.7 Å². The van der Waals surface area contributed by atoms with Gasteiger partial charge in [0.1, 0.15) is 0 Å². The second-order valence-corrected chi connectivity index (χ2v) is 9.13. The van der Waals surface area contributed by atoms with Gasteiger partial charge in [0.25, 0.3) is 5.91 Å². The van der Waals surface area contributed by atoms with Crippen LogP contribution in [0.2, 0.25) is 0 Å². The summed E-state index contributed by atoms with van der Waals surface area (Å²) in [6.07, 6.45) is -1.51. The molecule has 0 aliphatic rings. The van der Waals surface area contributed by atoms with Crippen LogP contribution in [0.5, 0.6) is 0 Å². The lowest BCUT2D eigenvalue weighted by atomic mass is 10.2. The van der Waals surface area contributed by atoms with Gasteiger partial charge in [0, 0.05) is 10.3 Å². The zero-order chi connectivity index (χ0) is 21.1. The van der Waals surface area contributed by atoms with E-state index in [2.05, 4.69) is 4.72 Å². The van der Waals surface area contributed by atoms with Gasteiger partial charge >= 0.3 is 10.2 Å². The molecule has 4 aromatic rings. The fraction of sp³-hybridized carbons (Fsp3) is 0.0455. The number of hydrogen-bond acceptors (Lipinski definition) is 5. The number of hydrogen-bond donors (Lipinski definition) is 2. The Morgan fingerprint density at radius 2 is 1.50 bits per heavy atom. The van der Waals surface area contributed by atoms with E-state index in [1.807, 2.05) is 24.3 Å². The smallest absolute Gasteiger partial charge is 0.328 e. The van der Waals surface area contributed by atoms with Gasteiger partial charge in [-0.25, -0.2) is 9.03 Å². The molecule has 0 aliphatic carbocycles. The maximum absolute atomic E-state index is 13.2. The highest BCUT2D eigenvalue weighted by molar-refractivity contribution is 7.91. The van der Waals surface area contributed by atoms with Crippen LogP contribution in [0.25, 0.3) is 10.1 Å². The first kappa shape index (κ1) is 20.1. The van der Waals surface area contributed by atoms with Crippen molar-refractivity contribution in [3.63, 3.8) is 0 Å². The average molecular weight is 439 g/mol. The highest BCUT2D eigenvalue weighted by atomic mass is 32.2. The number of nitrogens with one attached hydrogen (secondary N) is 1. The van der Waals surface area contributed by atoms with Crippen LogP contribution in [0.1, 0.15) is 21.5 Å². The van der Waals surface area contributed by atoms with Crippen LogP contribution in [0, 0.1) is 0 Å². The second-order valence-electron chi connectivity index (χ2n) is 6.50. The predicted molar refractivity (Wildman–Crippen MR) is 119 cm³/mol. The fourth-order valence-electron chi connectivity index (χ4n) is 3.06. The molecule has 30 heavy (non-hydrogen) atoms. The van der Waals surface area contributed by atoms with Crippen molar-refractivity contribution in [3.05, 3.63) is 101 Å². The Morgan fingerprint density at radius 1 is 0.900 bits per heavy atom. The number of aliphatic hydroxyl groups excluding tert-OH is 1. The van der Waals surface area contributed by atoms with Gasteiger partial charge in [0.2, 0.25) is 0 Å². The van der Waals surface area contributed by atoms with Gasteiger partial charge in [-0.05, 0) is 29.7 Å². The normalized spacial score (nSPS) is 12.4. The molecule has 0 fully saturated rings. The molecule has 152 valence electrons. The molecule has 0 radical (unpaired) electrons. The van der Waals surface area contributed by atoms with Crippen LogP contribution >= 0.6 is 11.3 Å². The van der Waals surface area contributed by atoms with Crippen molar-refractivity contribution in [2.24, 2.45) is 0 Å². The van der Waals surface area contributed by atoms with Gasteiger partial charge in [-0.15, -0.1) is 11.3 Å². The molecule has 1 amide bonds. The van der Waals surface area contributed by atoms with E-state index in [4.69, 9.17) is 0 Å². The summed E-state index contributed by atoms with van der Waals surface area (Å²) in [5, 5.41) is 11.7. The number of benzene rings is 3. The molecule has 0 saturated carbocycles. The number of aliphatic hydroxyl groups is 1. The number of carbonyl (C=O) groups excluding carboxylic acids is 1. The Bertz CT molecular complexity index is 1240. The Balaban J connectivity index is 1.69. The number of para-hydroxylation sites is 1. The van der Waals surface area contributed by atoms with Crippen molar-refractivity contribution in [3.8, 4) is 0 Å². The average Bonchev–Trinajstić information content (AvgIpc) is 3.19. The summed E-state index contributed by atoms with van der Waals surface area (Å²) in [7, 11) is -4.42. The lowest BCUT2D eigenvalue weighted by Gasteiger charge is -2.29. The Labute approximate surface area is 178 Å². The van der Waals surface area contributed by atoms with E-state index < -0.39 is 22.3 Å². The maximum Gasteiger partial charge on any atom is 0.328 e. The third-order valence-corrected chi connectivity index (χ3v) is 6.95. The summed E-state index contributed by atoms with van der Waals surface area (Å²) >= 11 is 1.20. The standard InChI is InChI=1S/C22H18N2O4S2/c25-21(20-15-17-11-7-8-14-19(17)29-20)23-30(27,28)24(18-12-5-2-6-13-18)22(26)16-9-3-1-4-10-16/h1-15,22,26H,(H,23,25). The highest BCUT2D eigenvalue weighted by Crippen LogP contribution is 2.29. The molecule has 1 aromatic heterocycles. The molecule has 1 unspecified atom stereocenters. The summed E-state index contributed by atoms with van der Waals surface area (Å²) in [5.74, 6) is -0.752. The largest absolute Gasteiger partial charge is 0.368 e. The maximum atomic E-state index is 13.2. The predicted octanol–water partition coefficient (Wildman–Crippen LogP) is 4.07. The molecular formula is C22H18N2O4S2. The number of nitrogens with zero attached hydrogens (tertiary/aromatic N) is 1. The van der Waals surface area contributed by atoms with Gasteiger partial charge in [-0.2, -0.15) is 8.42 Å². The van der Waals surface area contributed by atoms with Crippen LogP contribution in [0.4, 0.5) is 5.69 Å². The Morgan fingerprint density at radius 3 is 2.17 bits per heavy atom. The molecule has 1 atom stereocenters. The Hall–Kier alpha value is -3.20. The molecule has 6 nitrogen and oxygen atoms in total. The van der Waals surface area contributed by atoms with Crippen molar-refractivity contribution >= 4 is 43.2 Å². The van der Waals surface area contributed by atoms with E-state index in [1.54, 1.807) is 66.7 Å². The third kappa shape index (κ3) is 4.06. The molecule has 2 N–H and O–H groups in total. The van der Waals surface area contributed by atoms with Crippen molar-refractivity contribution in [1.82, 2.24) is 4.72 Å². The second kappa shape index (κ2) is 8.27. The Kier molecular flexibility index (Phi) is 5.54. The van der Waals surface area contributed by atoms with Gasteiger partial charge in [0.15, 0.2) is 6.23 Å². The SMILES string of the molecule is O=C(NS(=O)(=O)N(c1ccccc1)C(O)c1ccccc1)c1cc2ccccc2s1. The quantitative estimate of drug-likeness (QED) is 0.444. The van der Waals surface area contributed by atoms with Gasteiger partial charge in [-0.3, -0.25) is 4.79 Å². The number of anilines is 1. The molecular weight excluding hydrogens is 420 g/mol. The van der Waals surface area contributed by atoms with Crippen molar-refractivity contribution in [2.75, 3.05) is 4.31 Å². The molecule has 4 rings (SSSR count). The first-order valence-corrected chi connectivity index (χ1v) is 11.3. The topological polar surface area (TPSA) is 86.7 Å². The lowest BCUT2D eigenvalue weighted by molar-refractivity contribution is 0.0984. The zero-order valence-electron chi connectivity index (χ0n) is 15.7. The van der Waals surface area contributed by atoms with E-state index in [-0.39, 0.29) is 10.6 Å². The van der Waals surface area contributed by atoms with Crippen molar-refractivity contribution in [2.45, 2.75) is 6.23 Å². The van der Waals surface area contributed by atoms with E-state index in [0.717, 1.165) is 14.4 Å². The number of amides is 1. The monoisotopic (exact) mass is 438 g/mol. The fourth-order valence-corrected chi connectivity index (χ4v) is 5.31. The number of carbonyl (C=O) groups is 1. The molecule has 0 aliphatic heterocycles. The lowest BCUT2D eigenvalue weighted by Crippen LogP contribution is -2.45. The van der Waals surface area contributed by atoms with E-state index >= 15 is 0 Å². The molecule has 3 aromatic carbocycles. The van der Waals surface area contributed by atoms with E-state index in [9.17, 15) is 18.3 Å². The number of fused-ring (bicyclic) bond motifs is 1. The van der Waals surface area contributed by atoms with Gasteiger partial charge in [0.05, 0.1) is 10.6 Å². The van der Waals surface area contributed by atoms with E-state index in [0.29, 0.717) is 5.56 Å². The number of thiophene rings is 1. The minimum atomic E-state index is -4.42. The minimum absolute atomic E-state index is 0.227. The summed E-state index contributed by atoms with van der Waals surface area (Å²) < 4.78 is 30.1. The minimum Gasteiger partial charge on any atom is -0.368 e. The van der Waals surface area contributed by atoms with Crippen molar-refractivity contribution < 1.29 is 18.3 Å². The summed E-state index contributed by atoms with van der Waals surface area (Å²) in [6.45, 7) is 0. The van der Waals surface area contributed by atoms with Gasteiger partial charge < -0.3 is 5.11 Å². The summed E-state index contributed by atoms with van der Waals surface area (Å²) in [5.41, 5.74) is 0.603. The van der Waals surface area contributed by atoms with E-state index in [1.165, 1.54) is 11.3 Å². The van der Waals surface area contributed by atoms with Crippen molar-refractivity contribution in [1.29, 1.82) is 0 Å². The molecule has 0 spiro atoms. The number of rotatable bonds is 6. The van der Waals surface area contributed by atoms with Crippen LogP contribution in [-0.2, 0) is 10.2 Å². The van der Waals surface area contributed by atoms with Crippen LogP contribution in [-0.4, -0.2) is 19.4 Å². The molecule has 8 heteroatoms. The highest BCUT2D eigenvalue weighted by Gasteiger charge is 2.32. The first-order chi connectivity index (χ1) is 14.5. The third-order valence-electron chi connectivity index (χ3n) is 4.46. The van der Waals surface area contributed by atoms with Crippen LogP contribution < -0.4 is 9.03 Å². The molecule has 1 heterocycles.